The molecule has 0 radical (unpaired) electrons. The van der Waals surface area contributed by atoms with E-state index in [0.29, 0.717) is 0 Å². The van der Waals surface area contributed by atoms with Crippen LogP contribution in [0.25, 0.3) is 0 Å². The summed E-state index contributed by atoms with van der Waals surface area (Å²) in [6.07, 6.45) is 29.5. The summed E-state index contributed by atoms with van der Waals surface area (Å²) in [5.74, 6) is 1.02. The molecule has 1 fully saturated rings. The number of unbranched alkanes of at least 4 members (excludes halogenated alkanes) is 18. The first-order valence-corrected chi connectivity index (χ1v) is 16.6. The van der Waals surface area contributed by atoms with Crippen molar-refractivity contribution in [2.75, 3.05) is 44.2 Å². The molecule has 1 aromatic rings. The van der Waals surface area contributed by atoms with Gasteiger partial charge in [0, 0.05) is 31.9 Å². The lowest BCUT2D eigenvalue weighted by Crippen LogP contribution is -2.46. The summed E-state index contributed by atoms with van der Waals surface area (Å²) < 4.78 is 6.00. The first-order chi connectivity index (χ1) is 18.8. The molecule has 2 rings (SSSR count). The number of allylic oxidation sites excluding steroid dienone is 1. The van der Waals surface area contributed by atoms with Gasteiger partial charge in [0.05, 0.1) is 6.61 Å². The molecule has 0 saturated carbocycles. The number of piperazine rings is 1. The van der Waals surface area contributed by atoms with E-state index in [9.17, 15) is 0 Å². The Hall–Kier alpha value is -1.48. The van der Waals surface area contributed by atoms with Crippen molar-refractivity contribution in [2.24, 2.45) is 0 Å². The van der Waals surface area contributed by atoms with E-state index < -0.39 is 0 Å². The van der Waals surface area contributed by atoms with Gasteiger partial charge >= 0.3 is 0 Å². The van der Waals surface area contributed by atoms with Crippen LogP contribution >= 0.6 is 0 Å². The van der Waals surface area contributed by atoms with Crippen LogP contribution in [0.3, 0.4) is 0 Å². The highest BCUT2D eigenvalue weighted by Crippen LogP contribution is 2.21. The quantitative estimate of drug-likeness (QED) is 0.0931. The van der Waals surface area contributed by atoms with E-state index in [0.717, 1.165) is 31.9 Å². The fraction of sp³-hybridized carbons (Fsp3) is 0.771. The molecule has 0 spiro atoms. The fourth-order valence-electron chi connectivity index (χ4n) is 5.62. The van der Waals surface area contributed by atoms with Gasteiger partial charge in [-0.1, -0.05) is 116 Å². The topological polar surface area (TPSA) is 15.7 Å². The van der Waals surface area contributed by atoms with Gasteiger partial charge in [0.25, 0.3) is 0 Å². The van der Waals surface area contributed by atoms with E-state index >= 15 is 0 Å². The van der Waals surface area contributed by atoms with Crippen molar-refractivity contribution < 1.29 is 4.74 Å². The van der Waals surface area contributed by atoms with Gasteiger partial charge in [-0.3, -0.25) is 4.90 Å². The Morgan fingerprint density at radius 3 is 1.68 bits per heavy atom. The highest BCUT2D eigenvalue weighted by Gasteiger charge is 2.16. The zero-order valence-corrected chi connectivity index (χ0v) is 25.3. The SMILES string of the molecule is C=CCCCCCCCCCOc1ccc(N2CCN(CCCCCCCCCCCCCC)CC2)cc1. The Morgan fingerprint density at radius 1 is 0.632 bits per heavy atom. The molecule has 0 atom stereocenters. The second-order valence-electron chi connectivity index (χ2n) is 11.6. The lowest BCUT2D eigenvalue weighted by atomic mass is 10.1. The zero-order chi connectivity index (χ0) is 26.9. The van der Waals surface area contributed by atoms with Crippen molar-refractivity contribution >= 4 is 5.69 Å². The molecular formula is C35H62N2O. The van der Waals surface area contributed by atoms with Gasteiger partial charge in [0.1, 0.15) is 5.75 Å². The second-order valence-corrected chi connectivity index (χ2v) is 11.6. The molecule has 3 nitrogen and oxygen atoms in total. The summed E-state index contributed by atoms with van der Waals surface area (Å²) in [6, 6.07) is 8.82. The maximum absolute atomic E-state index is 6.00. The molecule has 1 aliphatic rings. The van der Waals surface area contributed by atoms with Crippen LogP contribution in [0.4, 0.5) is 5.69 Å². The Kier molecular flexibility index (Phi) is 20.2. The monoisotopic (exact) mass is 526 g/mol. The maximum atomic E-state index is 6.00. The van der Waals surface area contributed by atoms with E-state index in [1.807, 2.05) is 6.08 Å². The molecule has 0 N–H and O–H groups in total. The van der Waals surface area contributed by atoms with E-state index in [1.165, 1.54) is 147 Å². The van der Waals surface area contributed by atoms with Crippen molar-refractivity contribution in [3.63, 3.8) is 0 Å². The highest BCUT2D eigenvalue weighted by molar-refractivity contribution is 5.49. The van der Waals surface area contributed by atoms with Gasteiger partial charge in [-0.25, -0.2) is 0 Å². The molecule has 1 aliphatic heterocycles. The van der Waals surface area contributed by atoms with Crippen molar-refractivity contribution in [3.05, 3.63) is 36.9 Å². The van der Waals surface area contributed by atoms with Crippen LogP contribution in [0.5, 0.6) is 5.75 Å². The normalized spacial score (nSPS) is 14.2. The third-order valence-electron chi connectivity index (χ3n) is 8.22. The van der Waals surface area contributed by atoms with Crippen molar-refractivity contribution in [3.8, 4) is 5.75 Å². The van der Waals surface area contributed by atoms with Crippen LogP contribution in [0.15, 0.2) is 36.9 Å². The van der Waals surface area contributed by atoms with Crippen molar-refractivity contribution in [1.29, 1.82) is 0 Å². The summed E-state index contributed by atoms with van der Waals surface area (Å²) in [6.45, 7) is 12.9. The third kappa shape index (κ3) is 16.5. The first kappa shape index (κ1) is 32.7. The van der Waals surface area contributed by atoms with Crippen LogP contribution < -0.4 is 9.64 Å². The van der Waals surface area contributed by atoms with Crippen LogP contribution in [0.1, 0.15) is 135 Å². The molecule has 1 aromatic carbocycles. The summed E-state index contributed by atoms with van der Waals surface area (Å²) in [7, 11) is 0. The average molecular weight is 527 g/mol. The van der Waals surface area contributed by atoms with Gasteiger partial charge < -0.3 is 9.64 Å². The van der Waals surface area contributed by atoms with Crippen LogP contribution in [-0.4, -0.2) is 44.2 Å². The maximum Gasteiger partial charge on any atom is 0.119 e. The molecule has 218 valence electrons. The summed E-state index contributed by atoms with van der Waals surface area (Å²) in [5.41, 5.74) is 1.35. The summed E-state index contributed by atoms with van der Waals surface area (Å²) >= 11 is 0. The molecule has 0 aliphatic carbocycles. The number of nitrogens with zero attached hydrogens (tertiary/aromatic N) is 2. The molecule has 0 bridgehead atoms. The van der Waals surface area contributed by atoms with Gasteiger partial charge in [-0.15, -0.1) is 6.58 Å². The third-order valence-corrected chi connectivity index (χ3v) is 8.22. The lowest BCUT2D eigenvalue weighted by Gasteiger charge is -2.36. The number of benzene rings is 1. The minimum atomic E-state index is 0.841. The molecule has 38 heavy (non-hydrogen) atoms. The lowest BCUT2D eigenvalue weighted by molar-refractivity contribution is 0.252. The number of ether oxygens (including phenoxy) is 1. The summed E-state index contributed by atoms with van der Waals surface area (Å²) in [5, 5.41) is 0. The standard InChI is InChI=1S/C35H62N2O/c1-3-5-7-9-11-13-14-15-16-18-20-22-28-36-29-31-37(32-30-36)34-24-26-35(27-25-34)38-33-23-21-19-17-12-10-8-6-4-2/h4,24-27H,2-3,5-23,28-33H2,1H3. The van der Waals surface area contributed by atoms with E-state index in [1.54, 1.807) is 0 Å². The molecule has 0 aromatic heterocycles. The minimum absolute atomic E-state index is 0.841. The first-order valence-electron chi connectivity index (χ1n) is 16.6. The molecule has 0 unspecified atom stereocenters. The molecule has 0 amide bonds. The molecule has 1 heterocycles. The smallest absolute Gasteiger partial charge is 0.119 e. The largest absolute Gasteiger partial charge is 0.494 e. The Morgan fingerprint density at radius 2 is 1.13 bits per heavy atom. The molecular weight excluding hydrogens is 464 g/mol. The predicted octanol–water partition coefficient (Wildman–Crippen LogP) is 10.2. The van der Waals surface area contributed by atoms with Crippen LogP contribution in [0.2, 0.25) is 0 Å². The Balaban J connectivity index is 1.42. The van der Waals surface area contributed by atoms with E-state index in [4.69, 9.17) is 4.74 Å². The number of hydrogen-bond donors (Lipinski definition) is 0. The number of anilines is 1. The Labute approximate surface area is 237 Å². The van der Waals surface area contributed by atoms with E-state index in [-0.39, 0.29) is 0 Å². The van der Waals surface area contributed by atoms with E-state index in [2.05, 4.69) is 47.6 Å². The average Bonchev–Trinajstić information content (AvgIpc) is 2.95. The van der Waals surface area contributed by atoms with Gasteiger partial charge in [0.15, 0.2) is 0 Å². The van der Waals surface area contributed by atoms with Crippen LogP contribution in [-0.2, 0) is 0 Å². The number of hydrogen-bond acceptors (Lipinski definition) is 3. The van der Waals surface area contributed by atoms with Gasteiger partial charge in [-0.05, 0) is 56.5 Å². The zero-order valence-electron chi connectivity index (χ0n) is 25.3. The highest BCUT2D eigenvalue weighted by atomic mass is 16.5. The van der Waals surface area contributed by atoms with Crippen LogP contribution in [0, 0.1) is 0 Å². The molecule has 3 heteroatoms. The Bertz CT molecular complexity index is 650. The van der Waals surface area contributed by atoms with Gasteiger partial charge in [0.2, 0.25) is 0 Å². The second kappa shape index (κ2) is 23.4. The predicted molar refractivity (Wildman–Crippen MR) is 169 cm³/mol. The minimum Gasteiger partial charge on any atom is -0.494 e. The van der Waals surface area contributed by atoms with Crippen molar-refractivity contribution in [2.45, 2.75) is 135 Å². The van der Waals surface area contributed by atoms with Crippen molar-refractivity contribution in [1.82, 2.24) is 4.90 Å². The van der Waals surface area contributed by atoms with Gasteiger partial charge in [-0.2, -0.15) is 0 Å². The fourth-order valence-corrected chi connectivity index (χ4v) is 5.62. The summed E-state index contributed by atoms with van der Waals surface area (Å²) in [4.78, 5) is 5.21. The molecule has 1 saturated heterocycles. The number of rotatable bonds is 25.